The number of hydrogen-bond donors (Lipinski definition) is 1. The van der Waals surface area contributed by atoms with Crippen LogP contribution in [-0.4, -0.2) is 54.7 Å². The highest BCUT2D eigenvalue weighted by atomic mass is 32.1. The summed E-state index contributed by atoms with van der Waals surface area (Å²) in [6.45, 7) is 7.86. The molecule has 4 heteroatoms. The number of nitrogens with zero attached hydrogens (tertiary/aromatic N) is 2. The van der Waals surface area contributed by atoms with Crippen LogP contribution in [0.15, 0.2) is 11.4 Å². The molecule has 1 aromatic rings. The van der Waals surface area contributed by atoms with E-state index in [9.17, 15) is 0 Å². The van der Waals surface area contributed by atoms with Crippen LogP contribution in [0, 0.1) is 12.8 Å². The van der Waals surface area contributed by atoms with Gasteiger partial charge in [0.25, 0.3) is 0 Å². The van der Waals surface area contributed by atoms with Gasteiger partial charge < -0.3 is 14.9 Å². The van der Waals surface area contributed by atoms with Gasteiger partial charge in [0, 0.05) is 31.1 Å². The Bertz CT molecular complexity index is 378. The quantitative estimate of drug-likeness (QED) is 0.866. The van der Waals surface area contributed by atoms with Crippen LogP contribution in [0.1, 0.15) is 23.3 Å². The molecule has 0 spiro atoms. The van der Waals surface area contributed by atoms with Gasteiger partial charge in [0.2, 0.25) is 0 Å². The van der Waals surface area contributed by atoms with Crippen molar-refractivity contribution in [2.75, 3.05) is 39.8 Å². The fraction of sp³-hybridized carbons (Fsp3) is 0.733. The zero-order chi connectivity index (χ0) is 13.7. The lowest BCUT2D eigenvalue weighted by molar-refractivity contribution is 0.119. The number of rotatable bonds is 6. The lowest BCUT2D eigenvalue weighted by Gasteiger charge is -2.34. The maximum absolute atomic E-state index is 9.04. The van der Waals surface area contributed by atoms with Crippen LogP contribution in [0.25, 0.3) is 0 Å². The molecule has 1 N–H and O–H groups in total. The lowest BCUT2D eigenvalue weighted by Crippen LogP contribution is -2.41. The Kier molecular flexibility index (Phi) is 5.82. The van der Waals surface area contributed by atoms with Gasteiger partial charge in [-0.15, -0.1) is 11.3 Å². The number of β-amino-alcohol motifs (C(OH)–C–C–N with tert-alkyl or cyclic N) is 1. The molecule has 1 aliphatic heterocycles. The van der Waals surface area contributed by atoms with E-state index in [4.69, 9.17) is 5.11 Å². The molecule has 0 radical (unpaired) electrons. The standard InChI is InChI=1S/C15H26N2OS/c1-13-5-9-19-15(13)12-16(2)10-14-4-3-6-17(11-14)7-8-18/h5,9,14,18H,3-4,6-8,10-12H2,1-2H3/t14-/m0/s1. The predicted molar refractivity (Wildman–Crippen MR) is 81.6 cm³/mol. The van der Waals surface area contributed by atoms with Gasteiger partial charge in [-0.25, -0.2) is 0 Å². The SMILES string of the molecule is Cc1ccsc1CN(C)C[C@@H]1CCCN(CCO)C1. The molecule has 3 nitrogen and oxygen atoms in total. The first-order valence-corrected chi connectivity index (χ1v) is 8.11. The van der Waals surface area contributed by atoms with Crippen molar-refractivity contribution in [3.8, 4) is 0 Å². The number of aliphatic hydroxyl groups excluding tert-OH is 1. The molecule has 1 aliphatic rings. The number of hydrogen-bond acceptors (Lipinski definition) is 4. The van der Waals surface area contributed by atoms with Crippen molar-refractivity contribution in [2.24, 2.45) is 5.92 Å². The Balaban J connectivity index is 1.78. The summed E-state index contributed by atoms with van der Waals surface area (Å²) in [7, 11) is 2.23. The van der Waals surface area contributed by atoms with Crippen molar-refractivity contribution in [3.05, 3.63) is 21.9 Å². The summed E-state index contributed by atoms with van der Waals surface area (Å²) in [6, 6.07) is 2.21. The van der Waals surface area contributed by atoms with Crippen LogP contribution >= 0.6 is 11.3 Å². The molecule has 0 aromatic carbocycles. The molecule has 0 unspecified atom stereocenters. The first kappa shape index (κ1) is 15.0. The average Bonchev–Trinajstić information content (AvgIpc) is 2.76. The van der Waals surface area contributed by atoms with Crippen LogP contribution < -0.4 is 0 Å². The number of likely N-dealkylation sites (tertiary alicyclic amines) is 1. The minimum absolute atomic E-state index is 0.289. The summed E-state index contributed by atoms with van der Waals surface area (Å²) in [6.07, 6.45) is 2.60. The molecule has 2 heterocycles. The van der Waals surface area contributed by atoms with Gasteiger partial charge in [0.05, 0.1) is 6.61 Å². The molecule has 2 rings (SSSR count). The number of aliphatic hydroxyl groups is 1. The van der Waals surface area contributed by atoms with Gasteiger partial charge in [-0.1, -0.05) is 0 Å². The van der Waals surface area contributed by atoms with Gasteiger partial charge in [0.1, 0.15) is 0 Å². The van der Waals surface area contributed by atoms with E-state index in [1.54, 1.807) is 0 Å². The van der Waals surface area contributed by atoms with E-state index in [2.05, 4.69) is 35.2 Å². The van der Waals surface area contributed by atoms with Crippen molar-refractivity contribution in [3.63, 3.8) is 0 Å². The van der Waals surface area contributed by atoms with Crippen molar-refractivity contribution in [2.45, 2.75) is 26.3 Å². The van der Waals surface area contributed by atoms with E-state index in [1.807, 2.05) is 11.3 Å². The van der Waals surface area contributed by atoms with Gasteiger partial charge in [-0.05, 0) is 56.3 Å². The molecule has 1 aromatic heterocycles. The highest BCUT2D eigenvalue weighted by molar-refractivity contribution is 7.10. The van der Waals surface area contributed by atoms with E-state index < -0.39 is 0 Å². The van der Waals surface area contributed by atoms with Crippen LogP contribution in [0.4, 0.5) is 0 Å². The molecule has 19 heavy (non-hydrogen) atoms. The minimum Gasteiger partial charge on any atom is -0.395 e. The highest BCUT2D eigenvalue weighted by Gasteiger charge is 2.20. The van der Waals surface area contributed by atoms with Crippen LogP contribution in [0.2, 0.25) is 0 Å². The molecular formula is C15H26N2OS. The van der Waals surface area contributed by atoms with Crippen molar-refractivity contribution < 1.29 is 5.11 Å². The van der Waals surface area contributed by atoms with E-state index in [-0.39, 0.29) is 6.61 Å². The molecule has 1 fully saturated rings. The number of aryl methyl sites for hydroxylation is 1. The van der Waals surface area contributed by atoms with Gasteiger partial charge in [-0.2, -0.15) is 0 Å². The molecule has 108 valence electrons. The topological polar surface area (TPSA) is 26.7 Å². The van der Waals surface area contributed by atoms with E-state index >= 15 is 0 Å². The number of thiophene rings is 1. The summed E-state index contributed by atoms with van der Waals surface area (Å²) in [5.41, 5.74) is 1.42. The van der Waals surface area contributed by atoms with Crippen LogP contribution in [0.5, 0.6) is 0 Å². The Morgan fingerprint density at radius 3 is 3.05 bits per heavy atom. The number of piperidine rings is 1. The molecular weight excluding hydrogens is 256 g/mol. The second-order valence-electron chi connectivity index (χ2n) is 5.76. The third-order valence-electron chi connectivity index (χ3n) is 3.97. The molecule has 0 aliphatic carbocycles. The van der Waals surface area contributed by atoms with Crippen LogP contribution in [0.3, 0.4) is 0 Å². The summed E-state index contributed by atoms with van der Waals surface area (Å²) in [5, 5.41) is 11.2. The zero-order valence-corrected chi connectivity index (χ0v) is 13.0. The Hall–Kier alpha value is -0.420. The predicted octanol–water partition coefficient (Wildman–Crippen LogP) is 2.19. The minimum atomic E-state index is 0.289. The summed E-state index contributed by atoms with van der Waals surface area (Å²) < 4.78 is 0. The normalized spacial score (nSPS) is 21.2. The van der Waals surface area contributed by atoms with Crippen molar-refractivity contribution in [1.29, 1.82) is 0 Å². The summed E-state index contributed by atoms with van der Waals surface area (Å²) in [4.78, 5) is 6.34. The van der Waals surface area contributed by atoms with Gasteiger partial charge in [-0.3, -0.25) is 0 Å². The molecule has 1 saturated heterocycles. The average molecular weight is 282 g/mol. The summed E-state index contributed by atoms with van der Waals surface area (Å²) >= 11 is 1.86. The Morgan fingerprint density at radius 2 is 2.37 bits per heavy atom. The molecule has 0 amide bonds. The van der Waals surface area contributed by atoms with E-state index in [0.29, 0.717) is 0 Å². The van der Waals surface area contributed by atoms with Crippen LogP contribution in [-0.2, 0) is 6.54 Å². The molecule has 1 atom stereocenters. The second kappa shape index (κ2) is 7.39. The zero-order valence-electron chi connectivity index (χ0n) is 12.1. The maximum Gasteiger partial charge on any atom is 0.0558 e. The molecule has 0 saturated carbocycles. The summed E-state index contributed by atoms with van der Waals surface area (Å²) in [5.74, 6) is 0.755. The fourth-order valence-electron chi connectivity index (χ4n) is 2.96. The Labute approximate surface area is 120 Å². The highest BCUT2D eigenvalue weighted by Crippen LogP contribution is 2.20. The first-order chi connectivity index (χ1) is 9.19. The largest absolute Gasteiger partial charge is 0.395 e. The first-order valence-electron chi connectivity index (χ1n) is 7.23. The Morgan fingerprint density at radius 1 is 1.53 bits per heavy atom. The van der Waals surface area contributed by atoms with Crippen molar-refractivity contribution in [1.82, 2.24) is 9.80 Å². The van der Waals surface area contributed by atoms with Gasteiger partial charge in [0.15, 0.2) is 0 Å². The fourth-order valence-corrected chi connectivity index (χ4v) is 3.95. The third-order valence-corrected chi connectivity index (χ3v) is 4.98. The third kappa shape index (κ3) is 4.56. The van der Waals surface area contributed by atoms with Crippen molar-refractivity contribution >= 4 is 11.3 Å². The maximum atomic E-state index is 9.04. The van der Waals surface area contributed by atoms with E-state index in [0.717, 1.165) is 32.1 Å². The molecule has 0 bridgehead atoms. The van der Waals surface area contributed by atoms with E-state index in [1.165, 1.54) is 29.8 Å². The lowest BCUT2D eigenvalue weighted by atomic mass is 9.97. The van der Waals surface area contributed by atoms with Gasteiger partial charge >= 0.3 is 0 Å². The smallest absolute Gasteiger partial charge is 0.0558 e. The monoisotopic (exact) mass is 282 g/mol. The second-order valence-corrected chi connectivity index (χ2v) is 6.76.